The van der Waals surface area contributed by atoms with Gasteiger partial charge in [0.2, 0.25) is 17.8 Å². The van der Waals surface area contributed by atoms with Crippen LogP contribution < -0.4 is 75.1 Å². The SMILES string of the molecule is [C-]#[N+]c1cnn(-c2ccc(C(=O)O)cc2)c1N=Nc1c(-c2ccccc2)n(-c2ccc(Nc3nc(NCCS(=O)(=O)[O-])nc(NCCS(=O)(=O)[O-])n3)cc2)c2ccccc12.[Na+].[Na+]. The molecule has 7 aromatic rings. The number of rotatable bonds is 16. The van der Waals surface area contributed by atoms with Crippen LogP contribution in [0.2, 0.25) is 0 Å². The van der Waals surface area contributed by atoms with Crippen molar-refractivity contribution in [1.29, 1.82) is 0 Å². The number of azo groups is 1. The van der Waals surface area contributed by atoms with Crippen LogP contribution in [0.1, 0.15) is 10.4 Å². The second-order valence-corrected chi connectivity index (χ2v) is 15.7. The Labute approximate surface area is 398 Å². The van der Waals surface area contributed by atoms with Gasteiger partial charge in [-0.1, -0.05) is 48.5 Å². The minimum absolute atomic E-state index is 0. The second-order valence-electron chi connectivity index (χ2n) is 12.7. The van der Waals surface area contributed by atoms with Gasteiger partial charge < -0.3 is 34.7 Å². The zero-order valence-electron chi connectivity index (χ0n) is 32.9. The van der Waals surface area contributed by atoms with Crippen LogP contribution in [-0.2, 0) is 20.2 Å². The van der Waals surface area contributed by atoms with Gasteiger partial charge in [0.05, 0.1) is 67.0 Å². The fourth-order valence-electron chi connectivity index (χ4n) is 5.98. The summed E-state index contributed by atoms with van der Waals surface area (Å²) in [6.07, 6.45) is 1.36. The van der Waals surface area contributed by atoms with Crippen LogP contribution in [0.4, 0.5) is 40.7 Å². The molecule has 0 fully saturated rings. The van der Waals surface area contributed by atoms with Gasteiger partial charge >= 0.3 is 65.1 Å². The maximum absolute atomic E-state index is 11.4. The van der Waals surface area contributed by atoms with Crippen molar-refractivity contribution in [3.8, 4) is 22.6 Å². The van der Waals surface area contributed by atoms with Crippen molar-refractivity contribution in [2.24, 2.45) is 10.2 Å². The average molecular weight is 893 g/mol. The first-order valence-corrected chi connectivity index (χ1v) is 20.8. The molecule has 24 heteroatoms. The molecule has 3 aromatic heterocycles. The molecule has 0 amide bonds. The van der Waals surface area contributed by atoms with Crippen molar-refractivity contribution >= 4 is 77.8 Å². The molecule has 0 saturated heterocycles. The standard InChI is InChI=1S/C38H32N12O8S2.2Na/c1-39-30-23-42-50(28-15-11-25(12-16-28)35(51)52)34(30)48-47-32-29-9-5-6-10-31(29)49(33(32)24-7-3-2-4-8-24)27-17-13-26(14-18-27)43-38-45-36(40-19-21-59(53,54)55)44-37(46-38)41-20-22-60(56,57)58;;/h2-18,23H,19-22H2,(H,51,52)(H,53,54,55)(H,56,57,58)(H3,40,41,43,44,45,46);;/q;2*+1/p-2. The third-order valence-electron chi connectivity index (χ3n) is 8.63. The molecular formula is C38H30N12Na2O8S2. The number of benzene rings is 4. The van der Waals surface area contributed by atoms with Crippen LogP contribution in [0.25, 0.3) is 38.4 Å². The van der Waals surface area contributed by atoms with Crippen molar-refractivity contribution in [3.05, 3.63) is 126 Å². The van der Waals surface area contributed by atoms with Gasteiger partial charge in [0, 0.05) is 35.4 Å². The maximum atomic E-state index is 11.4. The Bertz CT molecular complexity index is 2960. The van der Waals surface area contributed by atoms with E-state index in [1.807, 2.05) is 71.3 Å². The number of nitrogens with one attached hydrogen (secondary N) is 3. The Kier molecular flexibility index (Phi) is 15.7. The molecule has 0 unspecified atom stereocenters. The van der Waals surface area contributed by atoms with E-state index in [1.165, 1.54) is 23.0 Å². The Morgan fingerprint density at radius 2 is 1.31 bits per heavy atom. The van der Waals surface area contributed by atoms with Gasteiger partial charge in [-0.2, -0.15) is 20.1 Å². The second kappa shape index (κ2) is 20.5. The summed E-state index contributed by atoms with van der Waals surface area (Å²) in [5, 5.41) is 32.1. The molecule has 20 nitrogen and oxygen atoms in total. The monoisotopic (exact) mass is 892 g/mol. The molecule has 0 radical (unpaired) electrons. The van der Waals surface area contributed by atoms with E-state index in [-0.39, 0.29) is 107 Å². The number of fused-ring (bicyclic) bond motifs is 1. The van der Waals surface area contributed by atoms with Crippen LogP contribution in [-0.4, -0.2) is 90.9 Å². The molecule has 0 spiro atoms. The van der Waals surface area contributed by atoms with Crippen molar-refractivity contribution in [2.75, 3.05) is 40.5 Å². The minimum Gasteiger partial charge on any atom is -0.748 e. The first-order valence-electron chi connectivity index (χ1n) is 17.6. The van der Waals surface area contributed by atoms with Crippen molar-refractivity contribution < 1.29 is 95.0 Å². The summed E-state index contributed by atoms with van der Waals surface area (Å²) in [5.74, 6) is -2.74. The van der Waals surface area contributed by atoms with Gasteiger partial charge in [-0.25, -0.2) is 31.2 Å². The average Bonchev–Trinajstić information content (AvgIpc) is 3.78. The van der Waals surface area contributed by atoms with E-state index in [0.29, 0.717) is 28.4 Å². The van der Waals surface area contributed by atoms with E-state index < -0.39 is 37.7 Å². The number of nitrogens with zero attached hydrogens (tertiary/aromatic N) is 9. The van der Waals surface area contributed by atoms with Gasteiger partial charge in [0.15, 0.2) is 5.82 Å². The topological polar surface area (TPSA) is 278 Å². The number of anilines is 4. The van der Waals surface area contributed by atoms with Crippen LogP contribution in [0.15, 0.2) is 120 Å². The number of hydrogen-bond donors (Lipinski definition) is 4. The van der Waals surface area contributed by atoms with Crippen molar-refractivity contribution in [3.63, 3.8) is 0 Å². The van der Waals surface area contributed by atoms with Gasteiger partial charge in [0.25, 0.3) is 5.69 Å². The number of carboxylic acids is 1. The van der Waals surface area contributed by atoms with Crippen LogP contribution in [0, 0.1) is 6.57 Å². The molecule has 7 rings (SSSR count). The Balaban J connectivity index is 0.00000363. The van der Waals surface area contributed by atoms with E-state index in [4.69, 9.17) is 11.7 Å². The third-order valence-corrected chi connectivity index (χ3v) is 10.0. The summed E-state index contributed by atoms with van der Waals surface area (Å²) in [5.41, 5.74) is 4.64. The summed E-state index contributed by atoms with van der Waals surface area (Å²) in [6, 6.07) is 30.2. The largest absolute Gasteiger partial charge is 1.00 e. The number of para-hydroxylation sites is 1. The molecule has 304 valence electrons. The number of carbonyl (C=O) groups is 1. The summed E-state index contributed by atoms with van der Waals surface area (Å²) in [7, 11) is -9.09. The molecule has 0 bridgehead atoms. The van der Waals surface area contributed by atoms with Gasteiger partial charge in [-0.05, 0) is 54.6 Å². The van der Waals surface area contributed by atoms with Crippen molar-refractivity contribution in [2.45, 2.75) is 0 Å². The Morgan fingerprint density at radius 1 is 0.742 bits per heavy atom. The molecule has 0 saturated carbocycles. The molecular weight excluding hydrogens is 863 g/mol. The maximum Gasteiger partial charge on any atom is 1.00 e. The fourth-order valence-corrected chi connectivity index (χ4v) is 6.68. The summed E-state index contributed by atoms with van der Waals surface area (Å²) >= 11 is 0. The number of aromatic carboxylic acids is 1. The number of hydrogen-bond acceptors (Lipinski definition) is 16. The zero-order valence-corrected chi connectivity index (χ0v) is 38.5. The molecule has 3 heterocycles. The molecule has 0 aliphatic carbocycles. The number of aromatic nitrogens is 6. The van der Waals surface area contributed by atoms with Crippen molar-refractivity contribution in [1.82, 2.24) is 29.3 Å². The zero-order chi connectivity index (χ0) is 42.4. The quantitative estimate of drug-likeness (QED) is 0.0430. The smallest absolute Gasteiger partial charge is 0.748 e. The van der Waals surface area contributed by atoms with Gasteiger partial charge in [-0.3, -0.25) is 0 Å². The number of carboxylic acid groups (broad SMARTS) is 1. The van der Waals surface area contributed by atoms with Gasteiger partial charge in [-0.15, -0.1) is 10.2 Å². The van der Waals surface area contributed by atoms with E-state index in [9.17, 15) is 35.8 Å². The normalized spacial score (nSPS) is 11.4. The van der Waals surface area contributed by atoms with E-state index in [1.54, 1.807) is 24.3 Å². The van der Waals surface area contributed by atoms with E-state index in [2.05, 4.69) is 46.0 Å². The van der Waals surface area contributed by atoms with Crippen LogP contribution >= 0.6 is 0 Å². The first-order chi connectivity index (χ1) is 28.8. The molecule has 62 heavy (non-hydrogen) atoms. The van der Waals surface area contributed by atoms with E-state index in [0.717, 1.165) is 16.5 Å². The minimum atomic E-state index is -4.55. The fraction of sp³-hybridized carbons (Fsp3) is 0.105. The molecule has 0 aliphatic heterocycles. The Hall–Kier alpha value is -5.58. The van der Waals surface area contributed by atoms with Crippen LogP contribution in [0.5, 0.6) is 0 Å². The molecule has 0 atom stereocenters. The predicted octanol–water partition coefficient (Wildman–Crippen LogP) is -0.00161. The molecule has 0 aliphatic rings. The summed E-state index contributed by atoms with van der Waals surface area (Å²) in [4.78, 5) is 27.6. The van der Waals surface area contributed by atoms with E-state index >= 15 is 0 Å². The summed E-state index contributed by atoms with van der Waals surface area (Å²) < 4.78 is 70.2. The molecule has 4 N–H and O–H groups in total. The first kappa shape index (κ1) is 47.5. The van der Waals surface area contributed by atoms with Gasteiger partial charge in [0.1, 0.15) is 5.69 Å². The van der Waals surface area contributed by atoms with Crippen LogP contribution in [0.3, 0.4) is 0 Å². The Morgan fingerprint density at radius 3 is 1.89 bits per heavy atom. The third kappa shape index (κ3) is 11.7. The predicted molar refractivity (Wildman–Crippen MR) is 219 cm³/mol. The summed E-state index contributed by atoms with van der Waals surface area (Å²) in [6.45, 7) is 7.13. The molecule has 4 aromatic carbocycles.